The van der Waals surface area contributed by atoms with Gasteiger partial charge < -0.3 is 5.11 Å². The van der Waals surface area contributed by atoms with Crippen molar-refractivity contribution in [1.82, 2.24) is 4.90 Å². The fraction of sp³-hybridized carbons (Fsp3) is 0.917. The molecule has 1 aliphatic carbocycles. The van der Waals surface area contributed by atoms with Gasteiger partial charge in [0.15, 0.2) is 0 Å². The van der Waals surface area contributed by atoms with Crippen LogP contribution < -0.4 is 0 Å². The normalized spacial score (nSPS) is 35.1. The lowest BCUT2D eigenvalue weighted by atomic mass is 9.85. The molecular weight excluding hydrogens is 190 g/mol. The number of rotatable bonds is 3. The van der Waals surface area contributed by atoms with Crippen molar-refractivity contribution in [3.05, 3.63) is 0 Å². The number of hydrogen-bond donors (Lipinski definition) is 1. The Morgan fingerprint density at radius 3 is 2.53 bits per heavy atom. The van der Waals surface area contributed by atoms with E-state index in [0.717, 1.165) is 25.0 Å². The van der Waals surface area contributed by atoms with Crippen LogP contribution in [0.1, 0.15) is 33.1 Å². The second-order valence-electron chi connectivity index (χ2n) is 5.41. The fourth-order valence-electron chi connectivity index (χ4n) is 2.87. The molecule has 2 fully saturated rings. The highest BCUT2D eigenvalue weighted by Crippen LogP contribution is 2.34. The summed E-state index contributed by atoms with van der Waals surface area (Å²) in [5, 5.41) is 8.89. The molecule has 0 aromatic rings. The topological polar surface area (TPSA) is 40.5 Å². The van der Waals surface area contributed by atoms with Crippen molar-refractivity contribution >= 4 is 5.97 Å². The van der Waals surface area contributed by atoms with Crippen molar-refractivity contribution < 1.29 is 9.90 Å². The van der Waals surface area contributed by atoms with E-state index in [9.17, 15) is 4.79 Å². The van der Waals surface area contributed by atoms with Crippen LogP contribution in [0.4, 0.5) is 0 Å². The third-order valence-corrected chi connectivity index (χ3v) is 4.22. The summed E-state index contributed by atoms with van der Waals surface area (Å²) < 4.78 is 0. The zero-order valence-corrected chi connectivity index (χ0v) is 9.65. The third-order valence-electron chi connectivity index (χ3n) is 4.22. The van der Waals surface area contributed by atoms with E-state index in [4.69, 9.17) is 5.11 Å². The minimum Gasteiger partial charge on any atom is -0.481 e. The molecule has 2 aliphatic rings. The molecule has 1 aliphatic heterocycles. The summed E-state index contributed by atoms with van der Waals surface area (Å²) in [4.78, 5) is 13.3. The van der Waals surface area contributed by atoms with Crippen LogP contribution in [0.15, 0.2) is 0 Å². The van der Waals surface area contributed by atoms with Crippen molar-refractivity contribution in [3.8, 4) is 0 Å². The summed E-state index contributed by atoms with van der Waals surface area (Å²) in [6.45, 7) is 6.16. The van der Waals surface area contributed by atoms with Gasteiger partial charge in [0.1, 0.15) is 0 Å². The lowest BCUT2D eigenvalue weighted by molar-refractivity contribution is -0.146. The Morgan fingerprint density at radius 2 is 2.07 bits per heavy atom. The largest absolute Gasteiger partial charge is 0.481 e. The molecule has 0 aromatic carbocycles. The van der Waals surface area contributed by atoms with Crippen molar-refractivity contribution in [2.45, 2.75) is 39.2 Å². The zero-order chi connectivity index (χ0) is 11.0. The summed E-state index contributed by atoms with van der Waals surface area (Å²) >= 11 is 0. The lowest BCUT2D eigenvalue weighted by Crippen LogP contribution is -2.54. The van der Waals surface area contributed by atoms with E-state index >= 15 is 0 Å². The van der Waals surface area contributed by atoms with Gasteiger partial charge in [0, 0.05) is 19.1 Å². The van der Waals surface area contributed by atoms with Crippen LogP contribution in [0.2, 0.25) is 0 Å². The number of carboxylic acids is 1. The van der Waals surface area contributed by atoms with Crippen molar-refractivity contribution in [3.63, 3.8) is 0 Å². The second-order valence-corrected chi connectivity index (χ2v) is 5.41. The molecule has 86 valence electrons. The predicted octanol–water partition coefficient (Wildman–Crippen LogP) is 1.83. The highest BCUT2D eigenvalue weighted by molar-refractivity contribution is 5.70. The SMILES string of the molecule is CC1CCC(N2CC(C(C)C(=O)O)C2)C1. The second kappa shape index (κ2) is 4.12. The standard InChI is InChI=1S/C12H21NO2/c1-8-3-4-11(5-8)13-6-10(7-13)9(2)12(14)15/h8-11H,3-7H2,1-2H3,(H,14,15). The van der Waals surface area contributed by atoms with Gasteiger partial charge in [-0.25, -0.2) is 0 Å². The number of likely N-dealkylation sites (tertiary alicyclic amines) is 1. The van der Waals surface area contributed by atoms with Crippen LogP contribution in [-0.2, 0) is 4.79 Å². The molecule has 3 heteroatoms. The molecule has 15 heavy (non-hydrogen) atoms. The van der Waals surface area contributed by atoms with Gasteiger partial charge >= 0.3 is 5.97 Å². The first-order valence-corrected chi connectivity index (χ1v) is 6.04. The van der Waals surface area contributed by atoms with E-state index in [0.29, 0.717) is 5.92 Å². The van der Waals surface area contributed by atoms with E-state index in [2.05, 4.69) is 11.8 Å². The average Bonchev–Trinajstić information content (AvgIpc) is 2.49. The maximum atomic E-state index is 10.8. The lowest BCUT2D eigenvalue weighted by Gasteiger charge is -2.45. The number of nitrogens with zero attached hydrogens (tertiary/aromatic N) is 1. The molecule has 0 amide bonds. The van der Waals surface area contributed by atoms with Gasteiger partial charge in [-0.1, -0.05) is 13.8 Å². The molecule has 3 atom stereocenters. The van der Waals surface area contributed by atoms with Crippen LogP contribution >= 0.6 is 0 Å². The van der Waals surface area contributed by atoms with Gasteiger partial charge in [0.25, 0.3) is 0 Å². The Hall–Kier alpha value is -0.570. The molecule has 3 unspecified atom stereocenters. The van der Waals surface area contributed by atoms with Gasteiger partial charge in [0.05, 0.1) is 5.92 Å². The first kappa shape index (κ1) is 10.9. The van der Waals surface area contributed by atoms with E-state index in [-0.39, 0.29) is 5.92 Å². The first-order valence-electron chi connectivity index (χ1n) is 6.04. The van der Waals surface area contributed by atoms with Gasteiger partial charge in [-0.15, -0.1) is 0 Å². The molecule has 0 aromatic heterocycles. The van der Waals surface area contributed by atoms with Crippen LogP contribution in [-0.4, -0.2) is 35.1 Å². The maximum absolute atomic E-state index is 10.8. The number of carbonyl (C=O) groups is 1. The van der Waals surface area contributed by atoms with Gasteiger partial charge in [0.2, 0.25) is 0 Å². The average molecular weight is 211 g/mol. The minimum atomic E-state index is -0.639. The van der Waals surface area contributed by atoms with Gasteiger partial charge in [-0.2, -0.15) is 0 Å². The summed E-state index contributed by atoms with van der Waals surface area (Å²) in [6, 6.07) is 0.747. The number of aliphatic carboxylic acids is 1. The van der Waals surface area contributed by atoms with E-state index in [1.54, 1.807) is 0 Å². The number of carboxylic acid groups (broad SMARTS) is 1. The Morgan fingerprint density at radius 1 is 1.40 bits per heavy atom. The molecule has 1 saturated heterocycles. The summed E-state index contributed by atoms with van der Waals surface area (Å²) in [7, 11) is 0. The fourth-order valence-corrected chi connectivity index (χ4v) is 2.87. The van der Waals surface area contributed by atoms with Crippen LogP contribution in [0.25, 0.3) is 0 Å². The molecule has 3 nitrogen and oxygen atoms in total. The minimum absolute atomic E-state index is 0.167. The predicted molar refractivity (Wildman–Crippen MR) is 58.7 cm³/mol. The molecule has 0 bridgehead atoms. The van der Waals surface area contributed by atoms with Crippen LogP contribution in [0.5, 0.6) is 0 Å². The molecule has 0 radical (unpaired) electrons. The molecule has 1 heterocycles. The van der Waals surface area contributed by atoms with Crippen LogP contribution in [0.3, 0.4) is 0 Å². The smallest absolute Gasteiger partial charge is 0.306 e. The van der Waals surface area contributed by atoms with Crippen molar-refractivity contribution in [1.29, 1.82) is 0 Å². The zero-order valence-electron chi connectivity index (χ0n) is 9.65. The molecule has 2 rings (SSSR count). The highest BCUT2D eigenvalue weighted by Gasteiger charge is 2.39. The first-order chi connectivity index (χ1) is 7.08. The third kappa shape index (κ3) is 2.17. The van der Waals surface area contributed by atoms with E-state index in [1.165, 1.54) is 19.3 Å². The quantitative estimate of drug-likeness (QED) is 0.774. The highest BCUT2D eigenvalue weighted by atomic mass is 16.4. The monoisotopic (exact) mass is 211 g/mol. The summed E-state index contributed by atoms with van der Waals surface area (Å²) in [6.07, 6.45) is 3.98. The van der Waals surface area contributed by atoms with E-state index in [1.807, 2.05) is 6.92 Å². The molecule has 1 saturated carbocycles. The summed E-state index contributed by atoms with van der Waals surface area (Å²) in [5.41, 5.74) is 0. The maximum Gasteiger partial charge on any atom is 0.306 e. The van der Waals surface area contributed by atoms with E-state index < -0.39 is 5.97 Å². The molecular formula is C12H21NO2. The molecule has 0 spiro atoms. The Bertz CT molecular complexity index is 248. The van der Waals surface area contributed by atoms with Crippen molar-refractivity contribution in [2.24, 2.45) is 17.8 Å². The Balaban J connectivity index is 1.76. The Kier molecular flexibility index (Phi) is 3.01. The van der Waals surface area contributed by atoms with Gasteiger partial charge in [-0.05, 0) is 31.1 Å². The summed E-state index contributed by atoms with van der Waals surface area (Å²) in [5.74, 6) is 0.448. The Labute approximate surface area is 91.5 Å². The van der Waals surface area contributed by atoms with Gasteiger partial charge in [-0.3, -0.25) is 9.69 Å². The number of hydrogen-bond acceptors (Lipinski definition) is 2. The molecule has 1 N–H and O–H groups in total. The van der Waals surface area contributed by atoms with Crippen molar-refractivity contribution in [2.75, 3.05) is 13.1 Å². The van der Waals surface area contributed by atoms with Crippen LogP contribution in [0, 0.1) is 17.8 Å².